The van der Waals surface area contributed by atoms with E-state index in [0.717, 1.165) is 25.0 Å². The monoisotopic (exact) mass is 293 g/mol. The van der Waals surface area contributed by atoms with Gasteiger partial charge >= 0.3 is 12.0 Å². The number of aromatic nitrogens is 1. The van der Waals surface area contributed by atoms with Gasteiger partial charge in [-0.1, -0.05) is 12.5 Å². The van der Waals surface area contributed by atoms with Gasteiger partial charge in [-0.25, -0.2) is 4.79 Å². The third-order valence-corrected chi connectivity index (χ3v) is 3.12. The number of carboxylic acids is 1. The molecule has 0 aliphatic carbocycles. The van der Waals surface area contributed by atoms with Crippen LogP contribution < -0.4 is 5.32 Å². The standard InChI is InChI=1S/C15H23N3O3/c1-18(12-9-13-7-4-6-10-16-13)15(21)17-11-5-2-3-8-14(19)20/h4,6-7,10H,2-3,5,8-9,11-12H2,1H3,(H,17,21)(H,19,20). The number of carboxylic acid groups (broad SMARTS) is 1. The normalized spacial score (nSPS) is 10.1. The zero-order valence-electron chi connectivity index (χ0n) is 12.4. The van der Waals surface area contributed by atoms with Crippen LogP contribution in [-0.2, 0) is 11.2 Å². The number of pyridine rings is 1. The average Bonchev–Trinajstić information content (AvgIpc) is 2.48. The van der Waals surface area contributed by atoms with Crippen molar-refractivity contribution in [2.75, 3.05) is 20.1 Å². The maximum Gasteiger partial charge on any atom is 0.317 e. The number of hydrogen-bond acceptors (Lipinski definition) is 3. The van der Waals surface area contributed by atoms with Crippen LogP contribution in [0.15, 0.2) is 24.4 Å². The van der Waals surface area contributed by atoms with Crippen LogP contribution in [0.5, 0.6) is 0 Å². The third-order valence-electron chi connectivity index (χ3n) is 3.12. The maximum absolute atomic E-state index is 11.8. The van der Waals surface area contributed by atoms with Crippen molar-refractivity contribution in [3.63, 3.8) is 0 Å². The van der Waals surface area contributed by atoms with E-state index in [1.165, 1.54) is 0 Å². The van der Waals surface area contributed by atoms with Crippen LogP contribution >= 0.6 is 0 Å². The minimum absolute atomic E-state index is 0.107. The Bertz CT molecular complexity index is 437. The molecule has 21 heavy (non-hydrogen) atoms. The highest BCUT2D eigenvalue weighted by Crippen LogP contribution is 1.99. The number of unbranched alkanes of at least 4 members (excludes halogenated alkanes) is 2. The molecule has 0 saturated heterocycles. The summed E-state index contributed by atoms with van der Waals surface area (Å²) in [6, 6.07) is 5.63. The van der Waals surface area contributed by atoms with Crippen LogP contribution in [0.1, 0.15) is 31.4 Å². The van der Waals surface area contributed by atoms with Gasteiger partial charge in [-0.05, 0) is 25.0 Å². The number of rotatable bonds is 9. The Labute approximate surface area is 125 Å². The molecule has 0 radical (unpaired) electrons. The first-order chi connectivity index (χ1) is 10.1. The van der Waals surface area contributed by atoms with Gasteiger partial charge in [0.15, 0.2) is 0 Å². The molecule has 116 valence electrons. The Hall–Kier alpha value is -2.11. The number of likely N-dealkylation sites (N-methyl/N-ethyl adjacent to an activating group) is 1. The molecule has 1 aromatic heterocycles. The summed E-state index contributed by atoms with van der Waals surface area (Å²) in [6.07, 6.45) is 4.92. The van der Waals surface area contributed by atoms with Gasteiger partial charge in [0.1, 0.15) is 0 Å². The van der Waals surface area contributed by atoms with Crippen molar-refractivity contribution in [2.24, 2.45) is 0 Å². The number of hydrogen-bond donors (Lipinski definition) is 2. The van der Waals surface area contributed by atoms with E-state index in [0.29, 0.717) is 19.5 Å². The molecule has 2 N–H and O–H groups in total. The molecule has 0 unspecified atom stereocenters. The molecule has 0 aliphatic rings. The average molecular weight is 293 g/mol. The number of amides is 2. The van der Waals surface area contributed by atoms with Gasteiger partial charge in [-0.3, -0.25) is 9.78 Å². The molecule has 0 fully saturated rings. The van der Waals surface area contributed by atoms with Gasteiger partial charge in [0.2, 0.25) is 0 Å². The van der Waals surface area contributed by atoms with E-state index in [9.17, 15) is 9.59 Å². The summed E-state index contributed by atoms with van der Waals surface area (Å²) in [7, 11) is 1.75. The first-order valence-corrected chi connectivity index (χ1v) is 7.20. The summed E-state index contributed by atoms with van der Waals surface area (Å²) in [6.45, 7) is 1.19. The molecular formula is C15H23N3O3. The molecule has 6 heteroatoms. The molecule has 1 heterocycles. The second kappa shape index (κ2) is 9.74. The Balaban J connectivity index is 2.09. The zero-order chi connectivity index (χ0) is 15.5. The largest absolute Gasteiger partial charge is 0.481 e. The maximum atomic E-state index is 11.8. The van der Waals surface area contributed by atoms with Crippen molar-refractivity contribution < 1.29 is 14.7 Å². The number of urea groups is 1. The van der Waals surface area contributed by atoms with Gasteiger partial charge < -0.3 is 15.3 Å². The quantitative estimate of drug-likeness (QED) is 0.681. The topological polar surface area (TPSA) is 82.5 Å². The van der Waals surface area contributed by atoms with Crippen LogP contribution in [-0.4, -0.2) is 47.1 Å². The highest BCUT2D eigenvalue weighted by molar-refractivity contribution is 5.73. The highest BCUT2D eigenvalue weighted by Gasteiger charge is 2.07. The molecule has 0 spiro atoms. The Morgan fingerprint density at radius 2 is 2.10 bits per heavy atom. The molecule has 0 saturated carbocycles. The first kappa shape index (κ1) is 16.9. The van der Waals surface area contributed by atoms with Crippen LogP contribution in [0.2, 0.25) is 0 Å². The van der Waals surface area contributed by atoms with Crippen molar-refractivity contribution in [2.45, 2.75) is 32.1 Å². The van der Waals surface area contributed by atoms with Crippen molar-refractivity contribution in [3.8, 4) is 0 Å². The SMILES string of the molecule is CN(CCc1ccccn1)C(=O)NCCCCCC(=O)O. The minimum atomic E-state index is -0.770. The lowest BCUT2D eigenvalue weighted by atomic mass is 10.2. The molecule has 1 rings (SSSR count). The van der Waals surface area contributed by atoms with E-state index in [2.05, 4.69) is 10.3 Å². The minimum Gasteiger partial charge on any atom is -0.481 e. The van der Waals surface area contributed by atoms with Crippen molar-refractivity contribution in [1.29, 1.82) is 0 Å². The van der Waals surface area contributed by atoms with E-state index in [1.54, 1.807) is 18.1 Å². The van der Waals surface area contributed by atoms with Crippen molar-refractivity contribution in [3.05, 3.63) is 30.1 Å². The molecule has 0 bridgehead atoms. The van der Waals surface area contributed by atoms with E-state index in [1.807, 2.05) is 18.2 Å². The van der Waals surface area contributed by atoms with Crippen molar-refractivity contribution in [1.82, 2.24) is 15.2 Å². The van der Waals surface area contributed by atoms with Gasteiger partial charge in [0.25, 0.3) is 0 Å². The number of nitrogens with one attached hydrogen (secondary N) is 1. The van der Waals surface area contributed by atoms with E-state index < -0.39 is 5.97 Å². The molecular weight excluding hydrogens is 270 g/mol. The Morgan fingerprint density at radius 1 is 1.29 bits per heavy atom. The summed E-state index contributed by atoms with van der Waals surface area (Å²) in [5.74, 6) is -0.770. The number of nitrogens with zero attached hydrogens (tertiary/aromatic N) is 2. The third kappa shape index (κ3) is 7.91. The predicted molar refractivity (Wildman–Crippen MR) is 80.1 cm³/mol. The molecule has 2 amide bonds. The van der Waals surface area contributed by atoms with Gasteiger partial charge in [-0.15, -0.1) is 0 Å². The number of carbonyl (C=O) groups is 2. The zero-order valence-corrected chi connectivity index (χ0v) is 12.4. The van der Waals surface area contributed by atoms with Crippen molar-refractivity contribution >= 4 is 12.0 Å². The van der Waals surface area contributed by atoms with Gasteiger partial charge in [-0.2, -0.15) is 0 Å². The van der Waals surface area contributed by atoms with E-state index >= 15 is 0 Å². The fourth-order valence-corrected chi connectivity index (χ4v) is 1.84. The van der Waals surface area contributed by atoms with Gasteiger partial charge in [0, 0.05) is 44.9 Å². The fraction of sp³-hybridized carbons (Fsp3) is 0.533. The number of carbonyl (C=O) groups excluding carboxylic acids is 1. The van der Waals surface area contributed by atoms with Crippen LogP contribution in [0.25, 0.3) is 0 Å². The van der Waals surface area contributed by atoms with Crippen LogP contribution in [0.3, 0.4) is 0 Å². The van der Waals surface area contributed by atoms with Crippen LogP contribution in [0.4, 0.5) is 4.79 Å². The fourth-order valence-electron chi connectivity index (χ4n) is 1.84. The molecule has 0 atom stereocenters. The molecule has 0 aliphatic heterocycles. The van der Waals surface area contributed by atoms with Crippen LogP contribution in [0, 0.1) is 0 Å². The molecule has 6 nitrogen and oxygen atoms in total. The van der Waals surface area contributed by atoms with E-state index in [-0.39, 0.29) is 12.5 Å². The lowest BCUT2D eigenvalue weighted by Gasteiger charge is -2.17. The second-order valence-electron chi connectivity index (χ2n) is 4.93. The summed E-state index contributed by atoms with van der Waals surface area (Å²) >= 11 is 0. The Kier molecular flexibility index (Phi) is 7.86. The van der Waals surface area contributed by atoms with E-state index in [4.69, 9.17) is 5.11 Å². The first-order valence-electron chi connectivity index (χ1n) is 7.20. The number of aliphatic carboxylic acids is 1. The summed E-state index contributed by atoms with van der Waals surface area (Å²) in [5, 5.41) is 11.3. The smallest absolute Gasteiger partial charge is 0.317 e. The highest BCUT2D eigenvalue weighted by atomic mass is 16.4. The summed E-state index contributed by atoms with van der Waals surface area (Å²) in [5.41, 5.74) is 0.964. The van der Waals surface area contributed by atoms with Gasteiger partial charge in [0.05, 0.1) is 0 Å². The molecule has 1 aromatic rings. The summed E-state index contributed by atoms with van der Waals surface area (Å²) < 4.78 is 0. The molecule has 0 aromatic carbocycles. The Morgan fingerprint density at radius 3 is 2.76 bits per heavy atom. The lowest BCUT2D eigenvalue weighted by molar-refractivity contribution is -0.137. The second-order valence-corrected chi connectivity index (χ2v) is 4.93. The summed E-state index contributed by atoms with van der Waals surface area (Å²) in [4.78, 5) is 28.0. The predicted octanol–water partition coefficient (Wildman–Crippen LogP) is 1.91. The lowest BCUT2D eigenvalue weighted by Crippen LogP contribution is -2.38.